The van der Waals surface area contributed by atoms with Gasteiger partial charge in [0.2, 0.25) is 0 Å². The van der Waals surface area contributed by atoms with Crippen LogP contribution >= 0.6 is 15.9 Å². The van der Waals surface area contributed by atoms with Gasteiger partial charge in [0, 0.05) is 18.6 Å². The van der Waals surface area contributed by atoms with Gasteiger partial charge in [-0.25, -0.2) is 0 Å². The zero-order valence-corrected chi connectivity index (χ0v) is 10.7. The molecule has 2 aliphatic rings. The molecule has 2 nitrogen and oxygen atoms in total. The molecular formula is C12H17BrN2. The highest BCUT2D eigenvalue weighted by Gasteiger charge is 2.52. The lowest BCUT2D eigenvalue weighted by Crippen LogP contribution is -2.23. The average molecular weight is 269 g/mol. The van der Waals surface area contributed by atoms with Crippen LogP contribution in [0.2, 0.25) is 0 Å². The van der Waals surface area contributed by atoms with E-state index in [1.807, 2.05) is 17.9 Å². The van der Waals surface area contributed by atoms with E-state index in [-0.39, 0.29) is 0 Å². The van der Waals surface area contributed by atoms with Crippen molar-refractivity contribution in [3.05, 3.63) is 18.0 Å². The molecular weight excluding hydrogens is 252 g/mol. The van der Waals surface area contributed by atoms with Crippen molar-refractivity contribution in [2.45, 2.75) is 25.7 Å². The molecule has 3 heteroatoms. The SMILES string of the molecule is Cn1cc(CC2(CBr)CC3CC3C2)cn1. The standard InChI is InChI=1S/C12H17BrN2/c1-15-7-9(6-14-15)3-12(8-13)4-10-2-11(10)5-12/h6-7,10-11H,2-5,8H2,1H3. The van der Waals surface area contributed by atoms with Gasteiger partial charge >= 0.3 is 0 Å². The zero-order chi connectivity index (χ0) is 10.5. The summed E-state index contributed by atoms with van der Waals surface area (Å²) in [5, 5.41) is 5.41. The smallest absolute Gasteiger partial charge is 0.0521 e. The third-order valence-electron chi connectivity index (χ3n) is 4.08. The molecule has 0 spiro atoms. The minimum absolute atomic E-state index is 0.538. The van der Waals surface area contributed by atoms with Crippen molar-refractivity contribution < 1.29 is 0 Å². The van der Waals surface area contributed by atoms with Crippen LogP contribution in [-0.4, -0.2) is 15.1 Å². The number of nitrogens with zero attached hydrogens (tertiary/aromatic N) is 2. The minimum Gasteiger partial charge on any atom is -0.276 e. The third kappa shape index (κ3) is 1.75. The molecule has 2 unspecified atom stereocenters. The van der Waals surface area contributed by atoms with Crippen LogP contribution in [0.3, 0.4) is 0 Å². The molecule has 0 N–H and O–H groups in total. The van der Waals surface area contributed by atoms with E-state index in [0.717, 1.165) is 17.2 Å². The quantitative estimate of drug-likeness (QED) is 0.771. The van der Waals surface area contributed by atoms with E-state index in [2.05, 4.69) is 27.2 Å². The lowest BCUT2D eigenvalue weighted by atomic mass is 9.80. The van der Waals surface area contributed by atoms with Crippen LogP contribution < -0.4 is 0 Å². The lowest BCUT2D eigenvalue weighted by Gasteiger charge is -2.28. The van der Waals surface area contributed by atoms with Gasteiger partial charge in [0.25, 0.3) is 0 Å². The molecule has 2 saturated carbocycles. The highest BCUT2D eigenvalue weighted by molar-refractivity contribution is 9.09. The van der Waals surface area contributed by atoms with Gasteiger partial charge in [-0.3, -0.25) is 4.68 Å². The van der Waals surface area contributed by atoms with E-state index in [1.165, 1.54) is 31.2 Å². The molecule has 0 amide bonds. The fourth-order valence-electron chi connectivity index (χ4n) is 3.30. The van der Waals surface area contributed by atoms with Crippen LogP contribution in [0.15, 0.2) is 12.4 Å². The fraction of sp³-hybridized carbons (Fsp3) is 0.750. The second kappa shape index (κ2) is 3.34. The fourth-order valence-corrected chi connectivity index (χ4v) is 3.96. The number of hydrogen-bond donors (Lipinski definition) is 0. The number of halogens is 1. The number of hydrogen-bond acceptors (Lipinski definition) is 1. The molecule has 2 aliphatic carbocycles. The third-order valence-corrected chi connectivity index (χ3v) is 5.27. The largest absolute Gasteiger partial charge is 0.276 e. The Morgan fingerprint density at radius 2 is 2.27 bits per heavy atom. The summed E-state index contributed by atoms with van der Waals surface area (Å²) in [6.07, 6.45) is 9.75. The molecule has 0 aliphatic heterocycles. The van der Waals surface area contributed by atoms with E-state index in [1.54, 1.807) is 0 Å². The predicted octanol–water partition coefficient (Wildman–Crippen LogP) is 2.77. The molecule has 3 rings (SSSR count). The summed E-state index contributed by atoms with van der Waals surface area (Å²) < 4.78 is 1.91. The van der Waals surface area contributed by atoms with E-state index in [4.69, 9.17) is 0 Å². The second-order valence-electron chi connectivity index (χ2n) is 5.50. The summed E-state index contributed by atoms with van der Waals surface area (Å²) in [5.74, 6) is 2.11. The van der Waals surface area contributed by atoms with E-state index in [9.17, 15) is 0 Å². The van der Waals surface area contributed by atoms with Crippen LogP contribution in [0.5, 0.6) is 0 Å². The molecule has 2 atom stereocenters. The molecule has 1 aromatic heterocycles. The maximum absolute atomic E-state index is 4.26. The van der Waals surface area contributed by atoms with Gasteiger partial charge in [-0.1, -0.05) is 15.9 Å². The highest BCUT2D eigenvalue weighted by Crippen LogP contribution is 2.61. The molecule has 1 aromatic rings. The van der Waals surface area contributed by atoms with Gasteiger partial charge < -0.3 is 0 Å². The van der Waals surface area contributed by atoms with Gasteiger partial charge in [0.15, 0.2) is 0 Å². The molecule has 2 fully saturated rings. The van der Waals surface area contributed by atoms with Crippen LogP contribution in [0, 0.1) is 17.3 Å². The molecule has 0 bridgehead atoms. The molecule has 0 radical (unpaired) electrons. The Morgan fingerprint density at radius 3 is 2.80 bits per heavy atom. The lowest BCUT2D eigenvalue weighted by molar-refractivity contribution is 0.308. The maximum Gasteiger partial charge on any atom is 0.0521 e. The predicted molar refractivity (Wildman–Crippen MR) is 64.0 cm³/mol. The summed E-state index contributed by atoms with van der Waals surface area (Å²) >= 11 is 3.72. The van der Waals surface area contributed by atoms with Crippen molar-refractivity contribution in [3.8, 4) is 0 Å². The number of aryl methyl sites for hydroxylation is 1. The number of aromatic nitrogens is 2. The van der Waals surface area contributed by atoms with Crippen LogP contribution in [0.25, 0.3) is 0 Å². The summed E-state index contributed by atoms with van der Waals surface area (Å²) in [7, 11) is 2.00. The molecule has 82 valence electrons. The number of rotatable bonds is 3. The van der Waals surface area contributed by atoms with Crippen molar-refractivity contribution in [2.75, 3.05) is 5.33 Å². The Labute approximate surface area is 99.2 Å². The van der Waals surface area contributed by atoms with Gasteiger partial charge in [0.1, 0.15) is 0 Å². The monoisotopic (exact) mass is 268 g/mol. The average Bonchev–Trinajstić information content (AvgIpc) is 2.65. The maximum atomic E-state index is 4.26. The molecule has 1 heterocycles. The Hall–Kier alpha value is -0.310. The van der Waals surface area contributed by atoms with Gasteiger partial charge in [0.05, 0.1) is 6.20 Å². The minimum atomic E-state index is 0.538. The van der Waals surface area contributed by atoms with Gasteiger partial charge in [-0.05, 0) is 48.5 Å². The van der Waals surface area contributed by atoms with Crippen molar-refractivity contribution in [1.29, 1.82) is 0 Å². The van der Waals surface area contributed by atoms with Crippen LogP contribution in [0.1, 0.15) is 24.8 Å². The van der Waals surface area contributed by atoms with E-state index < -0.39 is 0 Å². The first-order valence-corrected chi connectivity index (χ1v) is 6.86. The Morgan fingerprint density at radius 1 is 1.53 bits per heavy atom. The summed E-state index contributed by atoms with van der Waals surface area (Å²) in [5.41, 5.74) is 1.94. The van der Waals surface area contributed by atoms with Crippen molar-refractivity contribution in [2.24, 2.45) is 24.3 Å². The van der Waals surface area contributed by atoms with Crippen molar-refractivity contribution in [1.82, 2.24) is 9.78 Å². The summed E-state index contributed by atoms with van der Waals surface area (Å²) in [6.45, 7) is 0. The first-order valence-electron chi connectivity index (χ1n) is 5.74. The zero-order valence-electron chi connectivity index (χ0n) is 9.12. The normalized spacial score (nSPS) is 38.0. The molecule has 0 saturated heterocycles. The Balaban J connectivity index is 1.75. The summed E-state index contributed by atoms with van der Waals surface area (Å²) in [4.78, 5) is 0. The van der Waals surface area contributed by atoms with Crippen LogP contribution in [-0.2, 0) is 13.5 Å². The summed E-state index contributed by atoms with van der Waals surface area (Å²) in [6, 6.07) is 0. The Kier molecular flexibility index (Phi) is 2.20. The highest BCUT2D eigenvalue weighted by atomic mass is 79.9. The topological polar surface area (TPSA) is 17.8 Å². The van der Waals surface area contributed by atoms with Crippen molar-refractivity contribution in [3.63, 3.8) is 0 Å². The number of alkyl halides is 1. The second-order valence-corrected chi connectivity index (χ2v) is 6.06. The van der Waals surface area contributed by atoms with Crippen molar-refractivity contribution >= 4 is 15.9 Å². The van der Waals surface area contributed by atoms with Crippen LogP contribution in [0.4, 0.5) is 0 Å². The van der Waals surface area contributed by atoms with Gasteiger partial charge in [-0.15, -0.1) is 0 Å². The van der Waals surface area contributed by atoms with Gasteiger partial charge in [-0.2, -0.15) is 5.10 Å². The number of fused-ring (bicyclic) bond motifs is 1. The van der Waals surface area contributed by atoms with E-state index in [0.29, 0.717) is 5.41 Å². The molecule has 15 heavy (non-hydrogen) atoms. The Bertz CT molecular complexity index is 361. The van der Waals surface area contributed by atoms with E-state index >= 15 is 0 Å². The molecule has 0 aromatic carbocycles. The first kappa shape index (κ1) is 9.88. The first-order chi connectivity index (χ1) is 7.21.